The van der Waals surface area contributed by atoms with Crippen molar-refractivity contribution in [2.45, 2.75) is 19.4 Å². The Balaban J connectivity index is 2.26. The summed E-state index contributed by atoms with van der Waals surface area (Å²) >= 11 is 0. The number of pyridine rings is 1. The van der Waals surface area contributed by atoms with E-state index in [4.69, 9.17) is 0 Å². The van der Waals surface area contributed by atoms with Gasteiger partial charge in [0.05, 0.1) is 17.8 Å². The molecule has 94 valence electrons. The highest BCUT2D eigenvalue weighted by atomic mass is 16.3. The first-order valence-corrected chi connectivity index (χ1v) is 5.72. The second-order valence-electron chi connectivity index (χ2n) is 4.69. The molecule has 0 unspecified atom stereocenters. The number of anilines is 1. The van der Waals surface area contributed by atoms with E-state index in [1.54, 1.807) is 12.4 Å². The molecule has 0 aliphatic heterocycles. The van der Waals surface area contributed by atoms with Crippen LogP contribution in [0.5, 0.6) is 0 Å². The predicted octanol–water partition coefficient (Wildman–Crippen LogP) is 1.72. The van der Waals surface area contributed by atoms with Crippen LogP contribution in [0.15, 0.2) is 36.9 Å². The van der Waals surface area contributed by atoms with Gasteiger partial charge in [-0.25, -0.2) is 9.97 Å². The average molecular weight is 244 g/mol. The molecule has 2 N–H and O–H groups in total. The zero-order valence-electron chi connectivity index (χ0n) is 10.5. The van der Waals surface area contributed by atoms with Gasteiger partial charge in [0.2, 0.25) is 0 Å². The molecule has 5 heteroatoms. The molecule has 0 atom stereocenters. The molecule has 2 heterocycles. The van der Waals surface area contributed by atoms with Crippen molar-refractivity contribution in [3.05, 3.63) is 36.9 Å². The van der Waals surface area contributed by atoms with E-state index < -0.39 is 5.54 Å². The van der Waals surface area contributed by atoms with Crippen molar-refractivity contribution in [3.8, 4) is 11.3 Å². The number of rotatable bonds is 4. The third kappa shape index (κ3) is 3.01. The Hall–Kier alpha value is -2.01. The quantitative estimate of drug-likeness (QED) is 0.857. The number of aliphatic hydroxyl groups excluding tert-OH is 1. The largest absolute Gasteiger partial charge is 0.394 e. The molecule has 0 fully saturated rings. The lowest BCUT2D eigenvalue weighted by Crippen LogP contribution is -2.35. The van der Waals surface area contributed by atoms with E-state index in [0.717, 1.165) is 11.3 Å². The molecule has 2 aromatic rings. The lowest BCUT2D eigenvalue weighted by molar-refractivity contribution is 0.234. The SMILES string of the molecule is CC(C)(CO)Nc1cc(-c2ccncc2)ncn1. The first-order chi connectivity index (χ1) is 8.61. The Morgan fingerprint density at radius 3 is 2.61 bits per heavy atom. The molecule has 0 aliphatic carbocycles. The minimum absolute atomic E-state index is 0.0294. The number of hydrogen-bond acceptors (Lipinski definition) is 5. The molecule has 2 aromatic heterocycles. The van der Waals surface area contributed by atoms with E-state index >= 15 is 0 Å². The van der Waals surface area contributed by atoms with Crippen LogP contribution in [0, 0.1) is 0 Å². The number of nitrogens with zero attached hydrogens (tertiary/aromatic N) is 3. The molecule has 5 nitrogen and oxygen atoms in total. The molecule has 0 bridgehead atoms. The molecule has 0 radical (unpaired) electrons. The van der Waals surface area contributed by atoms with E-state index in [0.29, 0.717) is 5.82 Å². The summed E-state index contributed by atoms with van der Waals surface area (Å²) in [5, 5.41) is 12.4. The third-order valence-electron chi connectivity index (χ3n) is 2.50. The first-order valence-electron chi connectivity index (χ1n) is 5.72. The number of aromatic nitrogens is 3. The summed E-state index contributed by atoms with van der Waals surface area (Å²) in [7, 11) is 0. The Bertz CT molecular complexity index is 513. The second-order valence-corrected chi connectivity index (χ2v) is 4.69. The van der Waals surface area contributed by atoms with Gasteiger partial charge >= 0.3 is 0 Å². The standard InChI is InChI=1S/C13H16N4O/c1-13(2,8-18)17-12-7-11(15-9-16-12)10-3-5-14-6-4-10/h3-7,9,18H,8H2,1-2H3,(H,15,16,17). The zero-order chi connectivity index (χ0) is 13.0. The number of nitrogens with one attached hydrogen (secondary N) is 1. The van der Waals surface area contributed by atoms with Crippen LogP contribution in [0.25, 0.3) is 11.3 Å². The van der Waals surface area contributed by atoms with Crippen LogP contribution in [0.2, 0.25) is 0 Å². The molecule has 18 heavy (non-hydrogen) atoms. The average Bonchev–Trinajstić information content (AvgIpc) is 2.40. The molecule has 0 aromatic carbocycles. The van der Waals surface area contributed by atoms with E-state index in [1.807, 2.05) is 32.0 Å². The summed E-state index contributed by atoms with van der Waals surface area (Å²) in [5.41, 5.74) is 1.39. The third-order valence-corrected chi connectivity index (χ3v) is 2.50. The van der Waals surface area contributed by atoms with Crippen molar-refractivity contribution >= 4 is 5.82 Å². The topological polar surface area (TPSA) is 70.9 Å². The minimum atomic E-state index is -0.413. The van der Waals surface area contributed by atoms with Gasteiger partial charge in [-0.05, 0) is 26.0 Å². The summed E-state index contributed by atoms with van der Waals surface area (Å²) in [5.74, 6) is 0.691. The molecule has 0 saturated heterocycles. The molecule has 2 rings (SSSR count). The van der Waals surface area contributed by atoms with Gasteiger partial charge in [-0.1, -0.05) is 0 Å². The smallest absolute Gasteiger partial charge is 0.130 e. The van der Waals surface area contributed by atoms with Crippen molar-refractivity contribution in [1.29, 1.82) is 0 Å². The fourth-order valence-electron chi connectivity index (χ4n) is 1.49. The fourth-order valence-corrected chi connectivity index (χ4v) is 1.49. The minimum Gasteiger partial charge on any atom is -0.394 e. The summed E-state index contributed by atoms with van der Waals surface area (Å²) in [6.07, 6.45) is 4.95. The van der Waals surface area contributed by atoms with E-state index in [2.05, 4.69) is 20.3 Å². The monoisotopic (exact) mass is 244 g/mol. The van der Waals surface area contributed by atoms with Gasteiger partial charge < -0.3 is 10.4 Å². The van der Waals surface area contributed by atoms with Gasteiger partial charge in [0.25, 0.3) is 0 Å². The Kier molecular flexibility index (Phi) is 3.53. The highest BCUT2D eigenvalue weighted by molar-refractivity contribution is 5.61. The van der Waals surface area contributed by atoms with Gasteiger partial charge in [0.1, 0.15) is 12.1 Å². The Morgan fingerprint density at radius 1 is 1.22 bits per heavy atom. The summed E-state index contributed by atoms with van der Waals surface area (Å²) < 4.78 is 0. The Labute approximate surface area is 106 Å². The zero-order valence-corrected chi connectivity index (χ0v) is 10.5. The summed E-state index contributed by atoms with van der Waals surface area (Å²) in [6, 6.07) is 5.64. The molecule has 0 spiro atoms. The van der Waals surface area contributed by atoms with E-state index in [9.17, 15) is 5.11 Å². The van der Waals surface area contributed by atoms with Gasteiger partial charge in [-0.2, -0.15) is 0 Å². The van der Waals surface area contributed by atoms with Crippen molar-refractivity contribution in [3.63, 3.8) is 0 Å². The molecular weight excluding hydrogens is 228 g/mol. The molecular formula is C13H16N4O. The van der Waals surface area contributed by atoms with Crippen LogP contribution in [-0.4, -0.2) is 32.2 Å². The number of hydrogen-bond donors (Lipinski definition) is 2. The first kappa shape index (κ1) is 12.4. The normalized spacial score (nSPS) is 11.3. The van der Waals surface area contributed by atoms with Crippen LogP contribution in [-0.2, 0) is 0 Å². The molecule has 0 aliphatic rings. The lowest BCUT2D eigenvalue weighted by Gasteiger charge is -2.24. The highest BCUT2D eigenvalue weighted by Gasteiger charge is 2.16. The molecule has 0 amide bonds. The molecule has 0 saturated carbocycles. The van der Waals surface area contributed by atoms with Crippen molar-refractivity contribution in [2.24, 2.45) is 0 Å². The maximum Gasteiger partial charge on any atom is 0.130 e. The van der Waals surface area contributed by atoms with Crippen LogP contribution in [0.1, 0.15) is 13.8 Å². The Morgan fingerprint density at radius 2 is 1.94 bits per heavy atom. The van der Waals surface area contributed by atoms with Crippen LogP contribution >= 0.6 is 0 Å². The maximum atomic E-state index is 9.23. The van der Waals surface area contributed by atoms with Crippen molar-refractivity contribution in [2.75, 3.05) is 11.9 Å². The number of aliphatic hydroxyl groups is 1. The van der Waals surface area contributed by atoms with Gasteiger partial charge in [0.15, 0.2) is 0 Å². The fraction of sp³-hybridized carbons (Fsp3) is 0.308. The summed E-state index contributed by atoms with van der Waals surface area (Å²) in [4.78, 5) is 12.3. The highest BCUT2D eigenvalue weighted by Crippen LogP contribution is 2.19. The van der Waals surface area contributed by atoms with E-state index in [1.165, 1.54) is 6.33 Å². The van der Waals surface area contributed by atoms with Crippen molar-refractivity contribution < 1.29 is 5.11 Å². The maximum absolute atomic E-state index is 9.23. The van der Waals surface area contributed by atoms with Crippen molar-refractivity contribution in [1.82, 2.24) is 15.0 Å². The van der Waals surface area contributed by atoms with E-state index in [-0.39, 0.29) is 6.61 Å². The predicted molar refractivity (Wildman–Crippen MR) is 70.1 cm³/mol. The van der Waals surface area contributed by atoms with Crippen LogP contribution in [0.3, 0.4) is 0 Å². The lowest BCUT2D eigenvalue weighted by atomic mass is 10.1. The van der Waals surface area contributed by atoms with Gasteiger partial charge in [-0.15, -0.1) is 0 Å². The van der Waals surface area contributed by atoms with Crippen LogP contribution in [0.4, 0.5) is 5.82 Å². The van der Waals surface area contributed by atoms with Gasteiger partial charge in [-0.3, -0.25) is 4.98 Å². The van der Waals surface area contributed by atoms with Gasteiger partial charge in [0, 0.05) is 24.0 Å². The second kappa shape index (κ2) is 5.10. The summed E-state index contributed by atoms with van der Waals surface area (Å²) in [6.45, 7) is 3.84. The van der Waals surface area contributed by atoms with Crippen LogP contribution < -0.4 is 5.32 Å².